The normalized spacial score (nSPS) is 11.5. The van der Waals surface area contributed by atoms with Crippen LogP contribution in [-0.4, -0.2) is 28.1 Å². The molecule has 1 amide bonds. The maximum Gasteiger partial charge on any atom is 0.277 e. The molecule has 0 spiro atoms. The van der Waals surface area contributed by atoms with Gasteiger partial charge in [0.25, 0.3) is 5.22 Å². The molecule has 0 aliphatic heterocycles. The predicted octanol–water partition coefficient (Wildman–Crippen LogP) is 7.01. The van der Waals surface area contributed by atoms with Gasteiger partial charge in [0.1, 0.15) is 0 Å². The van der Waals surface area contributed by atoms with Gasteiger partial charge in [-0.2, -0.15) is 0 Å². The molecule has 3 aromatic carbocycles. The van der Waals surface area contributed by atoms with E-state index in [1.165, 1.54) is 17.3 Å². The average molecular weight is 483 g/mol. The van der Waals surface area contributed by atoms with Gasteiger partial charge in [0.05, 0.1) is 11.4 Å². The third-order valence-corrected chi connectivity index (χ3v) is 5.92. The number of allylic oxidation sites excluding steroid dienone is 1. The van der Waals surface area contributed by atoms with Crippen molar-refractivity contribution in [3.05, 3.63) is 96.1 Å². The molecule has 6 nitrogen and oxygen atoms in total. The summed E-state index contributed by atoms with van der Waals surface area (Å²) in [4.78, 5) is 16.7. The van der Waals surface area contributed by atoms with E-state index in [1.807, 2.05) is 91.0 Å². The highest BCUT2D eigenvalue weighted by atomic mass is 32.2. The molecular weight excluding hydrogens is 456 g/mol. The van der Waals surface area contributed by atoms with E-state index in [4.69, 9.17) is 4.42 Å². The third-order valence-electron chi connectivity index (χ3n) is 5.11. The average Bonchev–Trinajstić information content (AvgIpc) is 3.36. The number of carbonyl (C=O) groups excluding carboxylic acids is 1. The van der Waals surface area contributed by atoms with Crippen LogP contribution >= 0.6 is 11.8 Å². The number of aliphatic imine (C=N–C) groups is 1. The van der Waals surface area contributed by atoms with Gasteiger partial charge in [-0.15, -0.1) is 10.2 Å². The number of carbonyl (C=O) groups is 1. The van der Waals surface area contributed by atoms with Crippen molar-refractivity contribution in [3.8, 4) is 11.5 Å². The molecule has 0 aliphatic rings. The highest BCUT2D eigenvalue weighted by Crippen LogP contribution is 2.25. The van der Waals surface area contributed by atoms with Crippen LogP contribution in [-0.2, 0) is 4.79 Å². The summed E-state index contributed by atoms with van der Waals surface area (Å²) >= 11 is 1.20. The van der Waals surface area contributed by atoms with E-state index >= 15 is 0 Å². The SMILES string of the molecule is CC(C)c1ccc(NC(=O)CSc2nnc(-c3ccc(N=C/C=C/c4ccccc4)cc3)o2)cc1. The molecule has 7 heteroatoms. The van der Waals surface area contributed by atoms with Crippen LogP contribution in [0.25, 0.3) is 17.5 Å². The number of rotatable bonds is 9. The number of hydrogen-bond acceptors (Lipinski definition) is 6. The number of nitrogens with zero attached hydrogens (tertiary/aromatic N) is 3. The lowest BCUT2D eigenvalue weighted by Crippen LogP contribution is -2.14. The molecule has 176 valence electrons. The first kappa shape index (κ1) is 24.2. The lowest BCUT2D eigenvalue weighted by molar-refractivity contribution is -0.113. The Morgan fingerprint density at radius 2 is 1.74 bits per heavy atom. The zero-order valence-corrected chi connectivity index (χ0v) is 20.4. The van der Waals surface area contributed by atoms with Crippen molar-refractivity contribution in [2.75, 3.05) is 11.1 Å². The number of nitrogens with one attached hydrogen (secondary N) is 1. The molecule has 0 saturated heterocycles. The van der Waals surface area contributed by atoms with E-state index in [9.17, 15) is 4.79 Å². The maximum atomic E-state index is 12.3. The van der Waals surface area contributed by atoms with E-state index in [0.717, 1.165) is 22.5 Å². The minimum atomic E-state index is -0.129. The number of aromatic nitrogens is 2. The van der Waals surface area contributed by atoms with Crippen molar-refractivity contribution in [1.29, 1.82) is 0 Å². The predicted molar refractivity (Wildman–Crippen MR) is 143 cm³/mol. The van der Waals surface area contributed by atoms with E-state index in [1.54, 1.807) is 6.21 Å². The molecule has 1 heterocycles. The Bertz CT molecular complexity index is 1300. The van der Waals surface area contributed by atoms with Gasteiger partial charge in [-0.25, -0.2) is 0 Å². The minimum Gasteiger partial charge on any atom is -0.411 e. The number of anilines is 1. The smallest absolute Gasteiger partial charge is 0.277 e. The second-order valence-corrected chi connectivity index (χ2v) is 9.01. The summed E-state index contributed by atoms with van der Waals surface area (Å²) in [6.45, 7) is 4.27. The summed E-state index contributed by atoms with van der Waals surface area (Å²) in [6, 6.07) is 25.5. The molecule has 4 rings (SSSR count). The second-order valence-electron chi connectivity index (χ2n) is 8.08. The molecule has 0 atom stereocenters. The Hall–Kier alpha value is -3.97. The van der Waals surface area contributed by atoms with Crippen molar-refractivity contribution >= 4 is 41.3 Å². The number of hydrogen-bond donors (Lipinski definition) is 1. The van der Waals surface area contributed by atoms with Crippen molar-refractivity contribution in [2.45, 2.75) is 25.0 Å². The van der Waals surface area contributed by atoms with Crippen LogP contribution in [0.1, 0.15) is 30.9 Å². The molecule has 0 fully saturated rings. The lowest BCUT2D eigenvalue weighted by Gasteiger charge is -2.07. The molecule has 0 saturated carbocycles. The molecular formula is C28H26N4O2S. The van der Waals surface area contributed by atoms with Crippen molar-refractivity contribution in [2.24, 2.45) is 4.99 Å². The fourth-order valence-electron chi connectivity index (χ4n) is 3.20. The monoisotopic (exact) mass is 482 g/mol. The number of benzene rings is 3. The first-order chi connectivity index (χ1) is 17.1. The van der Waals surface area contributed by atoms with Gasteiger partial charge in [0.2, 0.25) is 11.8 Å². The molecule has 0 radical (unpaired) electrons. The number of amides is 1. The summed E-state index contributed by atoms with van der Waals surface area (Å²) in [5, 5.41) is 11.4. The van der Waals surface area contributed by atoms with E-state index < -0.39 is 0 Å². The summed E-state index contributed by atoms with van der Waals surface area (Å²) in [5.41, 5.74) is 4.73. The number of thioether (sulfide) groups is 1. The Morgan fingerprint density at radius 1 is 1.00 bits per heavy atom. The largest absolute Gasteiger partial charge is 0.411 e. The Labute approximate surface area is 209 Å². The quantitative estimate of drug-likeness (QED) is 0.205. The lowest BCUT2D eigenvalue weighted by atomic mass is 10.0. The summed E-state index contributed by atoms with van der Waals surface area (Å²) < 4.78 is 5.71. The minimum absolute atomic E-state index is 0.129. The van der Waals surface area contributed by atoms with Crippen LogP contribution in [0, 0.1) is 0 Å². The van der Waals surface area contributed by atoms with Crippen LogP contribution in [0.15, 0.2) is 99.6 Å². The molecule has 1 aromatic heterocycles. The fraction of sp³-hybridized carbons (Fsp3) is 0.143. The van der Waals surface area contributed by atoms with Gasteiger partial charge in [-0.1, -0.05) is 74.1 Å². The van der Waals surface area contributed by atoms with Crippen LogP contribution < -0.4 is 5.32 Å². The van der Waals surface area contributed by atoms with Gasteiger partial charge < -0.3 is 9.73 Å². The maximum absolute atomic E-state index is 12.3. The first-order valence-corrected chi connectivity index (χ1v) is 12.3. The van der Waals surface area contributed by atoms with Crippen LogP contribution in [0.5, 0.6) is 0 Å². The zero-order valence-electron chi connectivity index (χ0n) is 19.6. The van der Waals surface area contributed by atoms with Gasteiger partial charge in [0, 0.05) is 17.5 Å². The first-order valence-electron chi connectivity index (χ1n) is 11.3. The summed E-state index contributed by atoms with van der Waals surface area (Å²) in [6.07, 6.45) is 5.66. The highest BCUT2D eigenvalue weighted by Gasteiger charge is 2.12. The fourth-order valence-corrected chi connectivity index (χ4v) is 3.76. The van der Waals surface area contributed by atoms with Crippen molar-refractivity contribution in [1.82, 2.24) is 10.2 Å². The van der Waals surface area contributed by atoms with Crippen LogP contribution in [0.2, 0.25) is 0 Å². The summed E-state index contributed by atoms with van der Waals surface area (Å²) in [7, 11) is 0. The summed E-state index contributed by atoms with van der Waals surface area (Å²) in [5.74, 6) is 0.901. The Balaban J connectivity index is 1.27. The van der Waals surface area contributed by atoms with Gasteiger partial charge >= 0.3 is 0 Å². The van der Waals surface area contributed by atoms with E-state index in [2.05, 4.69) is 34.4 Å². The van der Waals surface area contributed by atoms with Crippen molar-refractivity contribution in [3.63, 3.8) is 0 Å². The molecule has 0 unspecified atom stereocenters. The van der Waals surface area contributed by atoms with E-state index in [0.29, 0.717) is 17.0 Å². The molecule has 0 aliphatic carbocycles. The second kappa shape index (κ2) is 11.9. The van der Waals surface area contributed by atoms with Crippen molar-refractivity contribution < 1.29 is 9.21 Å². The van der Waals surface area contributed by atoms with Crippen LogP contribution in [0.4, 0.5) is 11.4 Å². The molecule has 35 heavy (non-hydrogen) atoms. The molecule has 4 aromatic rings. The third kappa shape index (κ3) is 7.25. The molecule has 0 bridgehead atoms. The topological polar surface area (TPSA) is 80.4 Å². The zero-order chi connectivity index (χ0) is 24.5. The Kier molecular flexibility index (Phi) is 8.25. The molecule has 1 N–H and O–H groups in total. The van der Waals surface area contributed by atoms with Gasteiger partial charge in [-0.3, -0.25) is 9.79 Å². The standard InChI is InChI=1S/C28H26N4O2S/c1-20(2)22-10-16-25(17-11-22)30-26(33)19-35-28-32-31-27(34-28)23-12-14-24(15-13-23)29-18-6-9-21-7-4-3-5-8-21/h3-18,20H,19H2,1-2H3,(H,30,33)/b9-6+,29-18?. The van der Waals surface area contributed by atoms with Gasteiger partial charge in [-0.05, 0) is 59.5 Å². The Morgan fingerprint density at radius 3 is 2.46 bits per heavy atom. The van der Waals surface area contributed by atoms with E-state index in [-0.39, 0.29) is 11.7 Å². The highest BCUT2D eigenvalue weighted by molar-refractivity contribution is 7.99. The van der Waals surface area contributed by atoms with Crippen LogP contribution in [0.3, 0.4) is 0 Å². The van der Waals surface area contributed by atoms with Gasteiger partial charge in [0.15, 0.2) is 0 Å².